The van der Waals surface area contributed by atoms with Gasteiger partial charge in [-0.2, -0.15) is 0 Å². The van der Waals surface area contributed by atoms with Gasteiger partial charge in [0.05, 0.1) is 32.0 Å². The van der Waals surface area contributed by atoms with Crippen LogP contribution in [0, 0.1) is 17.8 Å². The second-order valence-corrected chi connectivity index (χ2v) is 17.8. The summed E-state index contributed by atoms with van der Waals surface area (Å²) >= 11 is 0. The molecule has 1 aliphatic rings. The number of aliphatic hydroxyl groups excluding tert-OH is 4. The van der Waals surface area contributed by atoms with Crippen LogP contribution in [0.4, 0.5) is 0 Å². The summed E-state index contributed by atoms with van der Waals surface area (Å²) in [7, 11) is -4.69. The molecular formula is C44H79O13P. The van der Waals surface area contributed by atoms with Crippen molar-refractivity contribution < 1.29 is 62.8 Å². The molecule has 13 nitrogen and oxygen atoms in total. The fraction of sp³-hybridized carbons (Fsp3) is 0.841. The number of unbranched alkanes of at least 4 members (excludes halogenated alkanes) is 14. The molecule has 0 aromatic rings. The Morgan fingerprint density at radius 3 is 2.00 bits per heavy atom. The molecule has 7 atom stereocenters. The van der Waals surface area contributed by atoms with Crippen molar-refractivity contribution in [3.05, 3.63) is 24.3 Å². The van der Waals surface area contributed by atoms with Gasteiger partial charge in [0.1, 0.15) is 18.5 Å². The molecule has 0 bridgehead atoms. The van der Waals surface area contributed by atoms with Crippen LogP contribution in [0.2, 0.25) is 0 Å². The highest BCUT2D eigenvalue weighted by atomic mass is 31.2. The van der Waals surface area contributed by atoms with Crippen molar-refractivity contribution in [2.75, 3.05) is 26.4 Å². The van der Waals surface area contributed by atoms with Gasteiger partial charge < -0.3 is 34.8 Å². The van der Waals surface area contributed by atoms with Crippen LogP contribution in [0.1, 0.15) is 168 Å². The highest BCUT2D eigenvalue weighted by molar-refractivity contribution is 7.47. The topological polar surface area (TPSA) is 206 Å². The van der Waals surface area contributed by atoms with Crippen LogP contribution < -0.4 is 0 Å². The van der Waals surface area contributed by atoms with Crippen LogP contribution in [-0.4, -0.2) is 93.9 Å². The monoisotopic (exact) mass is 847 g/mol. The Bertz CT molecular complexity index is 1190. The van der Waals surface area contributed by atoms with Gasteiger partial charge in [0.2, 0.25) is 0 Å². The number of hydrogen-bond donors (Lipinski definition) is 5. The number of esters is 2. The smallest absolute Gasteiger partial charge is 0.462 e. The van der Waals surface area contributed by atoms with Crippen LogP contribution in [-0.2, 0) is 37.5 Å². The number of aliphatic hydroxyl groups is 4. The van der Waals surface area contributed by atoms with Crippen LogP contribution in [0.5, 0.6) is 0 Å². The summed E-state index contributed by atoms with van der Waals surface area (Å²) in [6.45, 7) is 4.28. The van der Waals surface area contributed by atoms with Crippen molar-refractivity contribution in [1.82, 2.24) is 0 Å². The van der Waals surface area contributed by atoms with Crippen molar-refractivity contribution in [3.63, 3.8) is 0 Å². The SMILES string of the molecule is CCCCC[C@H](O)/C=C/[C@H]1C(=O)C[C@H](O)[C@@H]1C/C=C\CCCC(=O)O[C@H](COC(=O)CCCCCCCCCCCCCCC(C)C)COP(=O)(O)OC[C@@H](O)CO. The maximum Gasteiger partial charge on any atom is 0.472 e. The molecule has 0 heterocycles. The first-order chi connectivity index (χ1) is 27.8. The molecule has 14 heteroatoms. The minimum atomic E-state index is -4.69. The average molecular weight is 847 g/mol. The summed E-state index contributed by atoms with van der Waals surface area (Å²) in [5.74, 6) is -1.14. The first kappa shape index (κ1) is 54.1. The van der Waals surface area contributed by atoms with Gasteiger partial charge in [-0.25, -0.2) is 4.57 Å². The van der Waals surface area contributed by atoms with E-state index >= 15 is 0 Å². The zero-order valence-electron chi connectivity index (χ0n) is 35.9. The number of carbonyl (C=O) groups is 3. The molecule has 0 radical (unpaired) electrons. The van der Waals surface area contributed by atoms with E-state index in [1.54, 1.807) is 12.2 Å². The molecule has 58 heavy (non-hydrogen) atoms. The van der Waals surface area contributed by atoms with Gasteiger partial charge in [-0.15, -0.1) is 0 Å². The molecule has 338 valence electrons. The molecule has 0 spiro atoms. The minimum Gasteiger partial charge on any atom is -0.462 e. The van der Waals surface area contributed by atoms with Crippen LogP contribution in [0.15, 0.2) is 24.3 Å². The van der Waals surface area contributed by atoms with Gasteiger partial charge in [-0.1, -0.05) is 141 Å². The summed E-state index contributed by atoms with van der Waals surface area (Å²) in [5.41, 5.74) is 0. The predicted molar refractivity (Wildman–Crippen MR) is 225 cm³/mol. The van der Waals surface area contributed by atoms with E-state index in [1.165, 1.54) is 57.8 Å². The Balaban J connectivity index is 2.47. The standard InChI is InChI=1S/C44H79O13P/c1-4-5-18-24-36(46)28-29-40-39(41(48)30-42(40)49)25-20-16-17-22-27-44(51)57-38(34-56-58(52,53)55-32-37(47)31-45)33-54-43(50)26-21-15-13-11-9-7-6-8-10-12-14-19-23-35(2)3/h16,20,28-29,35-41,45-48H,4-15,17-19,21-27,30-34H2,1-3H3,(H,52,53)/b20-16-,29-28+/t36-,37-,38+,39+,40+,41-/m0/s1. The lowest BCUT2D eigenvalue weighted by molar-refractivity contribution is -0.161. The summed E-state index contributed by atoms with van der Waals surface area (Å²) < 4.78 is 32.7. The van der Waals surface area contributed by atoms with Crippen LogP contribution >= 0.6 is 7.82 Å². The third-order valence-electron chi connectivity index (χ3n) is 10.4. The highest BCUT2D eigenvalue weighted by Gasteiger charge is 2.39. The molecule has 0 aromatic heterocycles. The first-order valence-corrected chi connectivity index (χ1v) is 23.7. The van der Waals surface area contributed by atoms with E-state index in [0.717, 1.165) is 44.4 Å². The number of rotatable bonds is 37. The summed E-state index contributed by atoms with van der Waals surface area (Å²) in [5, 5.41) is 39.1. The van der Waals surface area contributed by atoms with Crippen LogP contribution in [0.3, 0.4) is 0 Å². The zero-order valence-corrected chi connectivity index (χ0v) is 36.8. The van der Waals surface area contributed by atoms with Crippen molar-refractivity contribution >= 4 is 25.5 Å². The Kier molecular flexibility index (Phi) is 31.4. The van der Waals surface area contributed by atoms with Crippen molar-refractivity contribution in [3.8, 4) is 0 Å². The number of hydrogen-bond acceptors (Lipinski definition) is 12. The van der Waals surface area contributed by atoms with E-state index in [9.17, 15) is 39.2 Å². The van der Waals surface area contributed by atoms with E-state index in [2.05, 4.69) is 25.3 Å². The largest absolute Gasteiger partial charge is 0.472 e. The third kappa shape index (κ3) is 28.5. The molecule has 1 rings (SSSR count). The Labute approximate surface area is 349 Å². The maximum atomic E-state index is 12.7. The Morgan fingerprint density at radius 2 is 1.38 bits per heavy atom. The normalized spacial score (nSPS) is 19.9. The second kappa shape index (κ2) is 33.7. The quantitative estimate of drug-likeness (QED) is 0.0173. The molecule has 0 aliphatic heterocycles. The molecule has 1 fully saturated rings. The summed E-state index contributed by atoms with van der Waals surface area (Å²) in [4.78, 5) is 47.7. The lowest BCUT2D eigenvalue weighted by Gasteiger charge is -2.20. The van der Waals surface area contributed by atoms with E-state index < -0.39 is 76.5 Å². The number of carbonyl (C=O) groups excluding carboxylic acids is 3. The van der Waals surface area contributed by atoms with Gasteiger partial charge in [-0.3, -0.25) is 23.4 Å². The summed E-state index contributed by atoms with van der Waals surface area (Å²) in [6.07, 6.45) is 23.7. The molecule has 0 aromatic carbocycles. The van der Waals surface area contributed by atoms with E-state index in [4.69, 9.17) is 19.1 Å². The fourth-order valence-electron chi connectivity index (χ4n) is 6.86. The Hall–Kier alpha value is -1.96. The predicted octanol–water partition coefficient (Wildman–Crippen LogP) is 8.23. The van der Waals surface area contributed by atoms with Gasteiger partial charge in [0.25, 0.3) is 0 Å². The number of ether oxygens (including phenoxy) is 2. The minimum absolute atomic E-state index is 0.00493. The van der Waals surface area contributed by atoms with E-state index in [0.29, 0.717) is 32.1 Å². The van der Waals surface area contributed by atoms with E-state index in [1.807, 2.05) is 12.2 Å². The molecule has 0 amide bonds. The summed E-state index contributed by atoms with van der Waals surface area (Å²) in [6, 6.07) is 0. The van der Waals surface area contributed by atoms with Crippen molar-refractivity contribution in [2.24, 2.45) is 17.8 Å². The molecule has 1 unspecified atom stereocenters. The van der Waals surface area contributed by atoms with Gasteiger partial charge in [0.15, 0.2) is 6.10 Å². The average Bonchev–Trinajstić information content (AvgIpc) is 3.45. The molecule has 1 saturated carbocycles. The Morgan fingerprint density at radius 1 is 0.793 bits per heavy atom. The molecule has 0 saturated heterocycles. The second-order valence-electron chi connectivity index (χ2n) is 16.3. The van der Waals surface area contributed by atoms with Crippen molar-refractivity contribution in [2.45, 2.75) is 193 Å². The zero-order chi connectivity index (χ0) is 43.0. The maximum absolute atomic E-state index is 12.7. The molecular weight excluding hydrogens is 767 g/mol. The number of ketones is 1. The number of phosphoric acid groups is 1. The lowest BCUT2D eigenvalue weighted by Crippen LogP contribution is -2.29. The molecule has 1 aliphatic carbocycles. The number of allylic oxidation sites excluding steroid dienone is 3. The fourth-order valence-corrected chi connectivity index (χ4v) is 7.65. The molecule has 5 N–H and O–H groups in total. The number of Topliss-reactive ketones (excluding diaryl/α,β-unsaturated/α-hetero) is 1. The van der Waals surface area contributed by atoms with Gasteiger partial charge in [0, 0.05) is 31.1 Å². The van der Waals surface area contributed by atoms with Gasteiger partial charge in [-0.05, 0) is 38.0 Å². The first-order valence-electron chi connectivity index (χ1n) is 22.3. The highest BCUT2D eigenvalue weighted by Crippen LogP contribution is 2.43. The van der Waals surface area contributed by atoms with E-state index in [-0.39, 0.29) is 31.0 Å². The van der Waals surface area contributed by atoms with Crippen LogP contribution in [0.25, 0.3) is 0 Å². The number of phosphoric ester groups is 1. The van der Waals surface area contributed by atoms with Gasteiger partial charge >= 0.3 is 19.8 Å². The lowest BCUT2D eigenvalue weighted by atomic mass is 9.90. The third-order valence-corrected chi connectivity index (χ3v) is 11.4. The van der Waals surface area contributed by atoms with Crippen molar-refractivity contribution in [1.29, 1.82) is 0 Å².